The molecule has 0 saturated carbocycles. The van der Waals surface area contributed by atoms with Crippen molar-refractivity contribution in [3.05, 3.63) is 28.7 Å². The van der Waals surface area contributed by atoms with Gasteiger partial charge in [-0.1, -0.05) is 22.0 Å². The third kappa shape index (κ3) is 3.01. The summed E-state index contributed by atoms with van der Waals surface area (Å²) in [5.74, 6) is 0. The van der Waals surface area contributed by atoms with E-state index in [9.17, 15) is 8.78 Å². The molecule has 0 spiro atoms. The van der Waals surface area contributed by atoms with Gasteiger partial charge in [-0.3, -0.25) is 0 Å². The van der Waals surface area contributed by atoms with Crippen molar-refractivity contribution in [3.63, 3.8) is 0 Å². The van der Waals surface area contributed by atoms with Gasteiger partial charge < -0.3 is 10.6 Å². The van der Waals surface area contributed by atoms with Crippen molar-refractivity contribution >= 4 is 21.6 Å². The van der Waals surface area contributed by atoms with Gasteiger partial charge in [-0.15, -0.1) is 0 Å². The highest BCUT2D eigenvalue weighted by atomic mass is 79.9. The Hall–Kier alpha value is -0.680. The Morgan fingerprint density at radius 3 is 2.72 bits per heavy atom. The molecule has 18 heavy (non-hydrogen) atoms. The number of halogens is 3. The van der Waals surface area contributed by atoms with E-state index < -0.39 is 12.0 Å². The SMILES string of the molecule is NC1(C(F)F)CCCN(c2cccc(Br)c2)CC1. The summed E-state index contributed by atoms with van der Waals surface area (Å²) in [6.07, 6.45) is -1.03. The summed E-state index contributed by atoms with van der Waals surface area (Å²) >= 11 is 3.42. The number of alkyl halides is 2. The topological polar surface area (TPSA) is 29.3 Å². The van der Waals surface area contributed by atoms with Gasteiger partial charge in [0.1, 0.15) is 0 Å². The Morgan fingerprint density at radius 2 is 2.06 bits per heavy atom. The molecule has 100 valence electrons. The van der Waals surface area contributed by atoms with Crippen molar-refractivity contribution in [3.8, 4) is 0 Å². The van der Waals surface area contributed by atoms with Gasteiger partial charge >= 0.3 is 0 Å². The highest BCUT2D eigenvalue weighted by molar-refractivity contribution is 9.10. The normalized spacial score (nSPS) is 25.3. The highest BCUT2D eigenvalue weighted by Crippen LogP contribution is 2.29. The maximum atomic E-state index is 12.9. The lowest BCUT2D eigenvalue weighted by Gasteiger charge is -2.27. The number of rotatable bonds is 2. The molecule has 1 fully saturated rings. The molecule has 0 amide bonds. The molecule has 2 N–H and O–H groups in total. The third-order valence-corrected chi connectivity index (χ3v) is 4.02. The first-order chi connectivity index (χ1) is 8.51. The molecule has 1 heterocycles. The molecule has 1 aromatic carbocycles. The van der Waals surface area contributed by atoms with E-state index in [2.05, 4.69) is 20.8 Å². The van der Waals surface area contributed by atoms with Crippen molar-refractivity contribution in [2.45, 2.75) is 31.2 Å². The molecule has 0 aliphatic carbocycles. The fraction of sp³-hybridized carbons (Fsp3) is 0.538. The Morgan fingerprint density at radius 1 is 1.28 bits per heavy atom. The molecule has 1 atom stereocenters. The quantitative estimate of drug-likeness (QED) is 0.905. The minimum absolute atomic E-state index is 0.331. The van der Waals surface area contributed by atoms with Crippen LogP contribution in [0.4, 0.5) is 14.5 Å². The minimum Gasteiger partial charge on any atom is -0.371 e. The summed E-state index contributed by atoms with van der Waals surface area (Å²) in [5, 5.41) is 0. The van der Waals surface area contributed by atoms with Gasteiger partial charge in [0.2, 0.25) is 0 Å². The molecule has 0 bridgehead atoms. The van der Waals surface area contributed by atoms with Gasteiger partial charge in [-0.25, -0.2) is 8.78 Å². The van der Waals surface area contributed by atoms with Crippen LogP contribution in [0.15, 0.2) is 28.7 Å². The average molecular weight is 319 g/mol. The molecule has 1 aliphatic rings. The number of anilines is 1. The molecular formula is C13H17BrF2N2. The van der Waals surface area contributed by atoms with E-state index in [0.717, 1.165) is 16.7 Å². The second-order valence-corrected chi connectivity index (χ2v) is 5.77. The molecule has 2 rings (SSSR count). The lowest BCUT2D eigenvalue weighted by molar-refractivity contribution is 0.0466. The van der Waals surface area contributed by atoms with Gasteiger partial charge in [-0.2, -0.15) is 0 Å². The van der Waals surface area contributed by atoms with Crippen LogP contribution >= 0.6 is 15.9 Å². The van der Waals surface area contributed by atoms with E-state index in [-0.39, 0.29) is 0 Å². The Labute approximate surface area is 114 Å². The molecule has 1 saturated heterocycles. The number of nitrogens with zero attached hydrogens (tertiary/aromatic N) is 1. The van der Waals surface area contributed by atoms with Gasteiger partial charge in [0.25, 0.3) is 6.43 Å². The Bertz CT molecular complexity index is 414. The summed E-state index contributed by atoms with van der Waals surface area (Å²) in [4.78, 5) is 2.13. The smallest absolute Gasteiger partial charge is 0.256 e. The predicted octanol–water partition coefficient (Wildman–Crippen LogP) is 3.40. The van der Waals surface area contributed by atoms with Crippen LogP contribution in [0, 0.1) is 0 Å². The van der Waals surface area contributed by atoms with Gasteiger partial charge in [0.15, 0.2) is 0 Å². The van der Waals surface area contributed by atoms with Crippen LogP contribution in [-0.4, -0.2) is 25.1 Å². The van der Waals surface area contributed by atoms with Gasteiger partial charge in [-0.05, 0) is 37.5 Å². The zero-order valence-electron chi connectivity index (χ0n) is 10.1. The van der Waals surface area contributed by atoms with E-state index in [1.165, 1.54) is 0 Å². The predicted molar refractivity (Wildman–Crippen MR) is 73.1 cm³/mol. The van der Waals surface area contributed by atoms with E-state index in [4.69, 9.17) is 5.73 Å². The van der Waals surface area contributed by atoms with E-state index in [1.54, 1.807) is 0 Å². The molecule has 0 aromatic heterocycles. The molecule has 2 nitrogen and oxygen atoms in total. The van der Waals surface area contributed by atoms with Crippen LogP contribution in [0.3, 0.4) is 0 Å². The second kappa shape index (κ2) is 5.53. The average Bonchev–Trinajstić information content (AvgIpc) is 2.52. The molecule has 0 radical (unpaired) electrons. The molecule has 5 heteroatoms. The highest BCUT2D eigenvalue weighted by Gasteiger charge is 2.37. The van der Waals surface area contributed by atoms with Gasteiger partial charge in [0.05, 0.1) is 5.54 Å². The maximum absolute atomic E-state index is 12.9. The van der Waals surface area contributed by atoms with Crippen molar-refractivity contribution in [1.29, 1.82) is 0 Å². The summed E-state index contributed by atoms with van der Waals surface area (Å²) in [6.45, 7) is 1.36. The van der Waals surface area contributed by atoms with Crippen LogP contribution in [0.5, 0.6) is 0 Å². The zero-order chi connectivity index (χ0) is 13.2. The van der Waals surface area contributed by atoms with Crippen LogP contribution in [0.25, 0.3) is 0 Å². The van der Waals surface area contributed by atoms with Crippen LogP contribution in [0.2, 0.25) is 0 Å². The fourth-order valence-corrected chi connectivity index (χ4v) is 2.72. The lowest BCUT2D eigenvalue weighted by atomic mass is 9.92. The Balaban J connectivity index is 2.10. The first-order valence-electron chi connectivity index (χ1n) is 6.09. The van der Waals surface area contributed by atoms with Crippen LogP contribution < -0.4 is 10.6 Å². The second-order valence-electron chi connectivity index (χ2n) is 4.85. The third-order valence-electron chi connectivity index (χ3n) is 3.53. The van der Waals surface area contributed by atoms with E-state index in [0.29, 0.717) is 25.8 Å². The molecular weight excluding hydrogens is 302 g/mol. The molecule has 1 aliphatic heterocycles. The minimum atomic E-state index is -2.44. The van der Waals surface area contributed by atoms with Crippen molar-refractivity contribution in [1.82, 2.24) is 0 Å². The van der Waals surface area contributed by atoms with E-state index in [1.807, 2.05) is 24.3 Å². The van der Waals surface area contributed by atoms with Crippen molar-refractivity contribution < 1.29 is 8.78 Å². The monoisotopic (exact) mass is 318 g/mol. The number of benzene rings is 1. The first-order valence-corrected chi connectivity index (χ1v) is 6.88. The largest absolute Gasteiger partial charge is 0.371 e. The van der Waals surface area contributed by atoms with Gasteiger partial charge in [0, 0.05) is 23.2 Å². The zero-order valence-corrected chi connectivity index (χ0v) is 11.7. The maximum Gasteiger partial charge on any atom is 0.256 e. The summed E-state index contributed by atoms with van der Waals surface area (Å²) in [6, 6.07) is 7.91. The first kappa shape index (κ1) is 13.7. The summed E-state index contributed by atoms with van der Waals surface area (Å²) in [5.41, 5.74) is 5.53. The number of hydrogen-bond donors (Lipinski definition) is 1. The fourth-order valence-electron chi connectivity index (χ4n) is 2.33. The van der Waals surface area contributed by atoms with Crippen LogP contribution in [-0.2, 0) is 0 Å². The number of nitrogens with two attached hydrogens (primary N) is 1. The van der Waals surface area contributed by atoms with E-state index >= 15 is 0 Å². The molecule has 1 unspecified atom stereocenters. The molecule has 1 aromatic rings. The lowest BCUT2D eigenvalue weighted by Crippen LogP contribution is -2.47. The van der Waals surface area contributed by atoms with Crippen molar-refractivity contribution in [2.75, 3.05) is 18.0 Å². The Kier molecular flexibility index (Phi) is 4.22. The summed E-state index contributed by atoms with van der Waals surface area (Å²) in [7, 11) is 0. The van der Waals surface area contributed by atoms with Crippen LogP contribution in [0.1, 0.15) is 19.3 Å². The standard InChI is InChI=1S/C13H17BrF2N2/c14-10-3-1-4-11(9-10)18-7-2-5-13(17,6-8-18)12(15)16/h1,3-4,9,12H,2,5-8,17H2. The summed E-state index contributed by atoms with van der Waals surface area (Å²) < 4.78 is 26.9. The number of hydrogen-bond acceptors (Lipinski definition) is 2. The van der Waals surface area contributed by atoms with Crippen molar-refractivity contribution in [2.24, 2.45) is 5.73 Å².